The first-order chi connectivity index (χ1) is 8.85. The van der Waals surface area contributed by atoms with Crippen LogP contribution in [0.2, 0.25) is 0 Å². The van der Waals surface area contributed by atoms with E-state index in [4.69, 9.17) is 5.73 Å². The molecule has 0 aromatic heterocycles. The maximum absolute atomic E-state index is 12.0. The molecule has 3 N–H and O–H groups in total. The Hall–Kier alpha value is -1.72. The van der Waals surface area contributed by atoms with Crippen molar-refractivity contribution in [1.29, 1.82) is 0 Å². The SMILES string of the molecule is Nc1ccc2c(c1)CCC2NC(=O)CCC(F)(F)F. The Balaban J connectivity index is 1.94. The lowest BCUT2D eigenvalue weighted by Crippen LogP contribution is -2.28. The van der Waals surface area contributed by atoms with Gasteiger partial charge in [-0.05, 0) is 36.1 Å². The summed E-state index contributed by atoms with van der Waals surface area (Å²) in [6, 6.07) is 5.21. The van der Waals surface area contributed by atoms with Crippen LogP contribution in [0.4, 0.5) is 18.9 Å². The number of amides is 1. The van der Waals surface area contributed by atoms with Crippen LogP contribution in [0.5, 0.6) is 0 Å². The summed E-state index contributed by atoms with van der Waals surface area (Å²) >= 11 is 0. The number of anilines is 1. The van der Waals surface area contributed by atoms with Gasteiger partial charge in [0.05, 0.1) is 12.5 Å². The summed E-state index contributed by atoms with van der Waals surface area (Å²) in [6.07, 6.45) is -4.41. The maximum Gasteiger partial charge on any atom is 0.389 e. The van der Waals surface area contributed by atoms with Crippen LogP contribution in [0.25, 0.3) is 0 Å². The highest BCUT2D eigenvalue weighted by Crippen LogP contribution is 2.32. The molecule has 6 heteroatoms. The number of fused-ring (bicyclic) bond motifs is 1. The summed E-state index contributed by atoms with van der Waals surface area (Å²) in [5, 5.41) is 2.65. The number of rotatable bonds is 3. The minimum atomic E-state index is -4.29. The van der Waals surface area contributed by atoms with Crippen molar-refractivity contribution in [2.45, 2.75) is 37.9 Å². The second kappa shape index (κ2) is 5.11. The van der Waals surface area contributed by atoms with Gasteiger partial charge >= 0.3 is 6.18 Å². The van der Waals surface area contributed by atoms with E-state index in [1.54, 1.807) is 6.07 Å². The molecule has 0 radical (unpaired) electrons. The monoisotopic (exact) mass is 272 g/mol. The Labute approximate surface area is 109 Å². The standard InChI is InChI=1S/C13H15F3N2O/c14-13(15,16)6-5-12(19)18-11-4-1-8-7-9(17)2-3-10(8)11/h2-3,7,11H,1,4-6,17H2,(H,18,19). The molecule has 3 nitrogen and oxygen atoms in total. The zero-order chi connectivity index (χ0) is 14.0. The van der Waals surface area contributed by atoms with E-state index in [0.717, 1.165) is 17.5 Å². The summed E-state index contributed by atoms with van der Waals surface area (Å²) < 4.78 is 36.1. The molecule has 0 saturated heterocycles. The van der Waals surface area contributed by atoms with Crippen LogP contribution >= 0.6 is 0 Å². The molecule has 104 valence electrons. The first-order valence-corrected chi connectivity index (χ1v) is 6.09. The van der Waals surface area contributed by atoms with E-state index in [-0.39, 0.29) is 6.04 Å². The van der Waals surface area contributed by atoms with Gasteiger partial charge in [-0.15, -0.1) is 0 Å². The molecule has 0 fully saturated rings. The molecule has 1 unspecified atom stereocenters. The van der Waals surface area contributed by atoms with Gasteiger partial charge in [0.2, 0.25) is 5.91 Å². The highest BCUT2D eigenvalue weighted by atomic mass is 19.4. The number of nitrogens with two attached hydrogens (primary N) is 1. The van der Waals surface area contributed by atoms with E-state index >= 15 is 0 Å². The summed E-state index contributed by atoms with van der Waals surface area (Å²) in [4.78, 5) is 11.5. The molecule has 1 atom stereocenters. The average Bonchev–Trinajstić information content (AvgIpc) is 2.68. The number of carbonyl (C=O) groups is 1. The lowest BCUT2D eigenvalue weighted by molar-refractivity contribution is -0.144. The predicted octanol–water partition coefficient (Wildman–Crippen LogP) is 2.71. The van der Waals surface area contributed by atoms with Crippen molar-refractivity contribution in [2.24, 2.45) is 0 Å². The van der Waals surface area contributed by atoms with Crippen molar-refractivity contribution in [1.82, 2.24) is 5.32 Å². The van der Waals surface area contributed by atoms with E-state index < -0.39 is 24.9 Å². The zero-order valence-corrected chi connectivity index (χ0v) is 10.3. The number of halogens is 3. The smallest absolute Gasteiger partial charge is 0.389 e. The molecule has 1 aromatic rings. The summed E-state index contributed by atoms with van der Waals surface area (Å²) in [7, 11) is 0. The van der Waals surface area contributed by atoms with Gasteiger partial charge in [-0.1, -0.05) is 6.07 Å². The number of hydrogen-bond donors (Lipinski definition) is 2. The highest BCUT2D eigenvalue weighted by molar-refractivity contribution is 5.76. The molecule has 0 spiro atoms. The number of benzene rings is 1. The van der Waals surface area contributed by atoms with Gasteiger partial charge in [0.1, 0.15) is 0 Å². The molecule has 0 saturated carbocycles. The van der Waals surface area contributed by atoms with Crippen LogP contribution in [0, 0.1) is 0 Å². The van der Waals surface area contributed by atoms with E-state index in [9.17, 15) is 18.0 Å². The van der Waals surface area contributed by atoms with Gasteiger partial charge in [-0.3, -0.25) is 4.79 Å². The number of alkyl halides is 3. The molecule has 0 aliphatic heterocycles. The first kappa shape index (κ1) is 13.7. The maximum atomic E-state index is 12.0. The molecule has 1 aliphatic rings. The van der Waals surface area contributed by atoms with E-state index in [2.05, 4.69) is 5.32 Å². The highest BCUT2D eigenvalue weighted by Gasteiger charge is 2.29. The molecule has 1 amide bonds. The van der Waals surface area contributed by atoms with E-state index in [1.807, 2.05) is 12.1 Å². The van der Waals surface area contributed by atoms with Crippen molar-refractivity contribution in [2.75, 3.05) is 5.73 Å². The molecular formula is C13H15F3N2O. The van der Waals surface area contributed by atoms with Crippen molar-refractivity contribution in [3.63, 3.8) is 0 Å². The number of nitrogen functional groups attached to an aromatic ring is 1. The van der Waals surface area contributed by atoms with Crippen molar-refractivity contribution < 1.29 is 18.0 Å². The predicted molar refractivity (Wildman–Crippen MR) is 65.3 cm³/mol. The topological polar surface area (TPSA) is 55.1 Å². The number of carbonyl (C=O) groups excluding carboxylic acids is 1. The number of hydrogen-bond acceptors (Lipinski definition) is 2. The summed E-state index contributed by atoms with van der Waals surface area (Å²) in [5.41, 5.74) is 8.33. The Morgan fingerprint density at radius 3 is 2.84 bits per heavy atom. The van der Waals surface area contributed by atoms with Crippen molar-refractivity contribution in [3.05, 3.63) is 29.3 Å². The van der Waals surface area contributed by atoms with Gasteiger partial charge < -0.3 is 11.1 Å². The van der Waals surface area contributed by atoms with Gasteiger partial charge in [0.15, 0.2) is 0 Å². The van der Waals surface area contributed by atoms with Gasteiger partial charge in [0, 0.05) is 12.1 Å². The van der Waals surface area contributed by atoms with Gasteiger partial charge in [0.25, 0.3) is 0 Å². The van der Waals surface area contributed by atoms with Crippen LogP contribution in [0.3, 0.4) is 0 Å². The molecule has 2 rings (SSSR count). The van der Waals surface area contributed by atoms with Crippen LogP contribution in [0.1, 0.15) is 36.4 Å². The zero-order valence-electron chi connectivity index (χ0n) is 10.3. The van der Waals surface area contributed by atoms with Crippen molar-refractivity contribution >= 4 is 11.6 Å². The van der Waals surface area contributed by atoms with Crippen LogP contribution in [-0.2, 0) is 11.2 Å². The lowest BCUT2D eigenvalue weighted by atomic mass is 10.1. The molecule has 1 aromatic carbocycles. The first-order valence-electron chi connectivity index (χ1n) is 6.09. The number of aryl methyl sites for hydroxylation is 1. The third kappa shape index (κ3) is 3.62. The van der Waals surface area contributed by atoms with Gasteiger partial charge in [-0.25, -0.2) is 0 Å². The third-order valence-corrected chi connectivity index (χ3v) is 3.22. The molecule has 1 aliphatic carbocycles. The fourth-order valence-corrected chi connectivity index (χ4v) is 2.31. The fraction of sp³-hybridized carbons (Fsp3) is 0.462. The largest absolute Gasteiger partial charge is 0.399 e. The molecule has 0 bridgehead atoms. The fourth-order valence-electron chi connectivity index (χ4n) is 2.31. The van der Waals surface area contributed by atoms with E-state index in [0.29, 0.717) is 12.1 Å². The van der Waals surface area contributed by atoms with E-state index in [1.165, 1.54) is 0 Å². The average molecular weight is 272 g/mol. The summed E-state index contributed by atoms with van der Waals surface area (Å²) in [6.45, 7) is 0. The second-order valence-electron chi connectivity index (χ2n) is 4.73. The minimum absolute atomic E-state index is 0.198. The van der Waals surface area contributed by atoms with Crippen LogP contribution in [0.15, 0.2) is 18.2 Å². The Morgan fingerprint density at radius 2 is 2.16 bits per heavy atom. The van der Waals surface area contributed by atoms with Gasteiger partial charge in [-0.2, -0.15) is 13.2 Å². The normalized spacial score (nSPS) is 18.2. The van der Waals surface area contributed by atoms with Crippen LogP contribution < -0.4 is 11.1 Å². The Bertz CT molecular complexity index is 485. The minimum Gasteiger partial charge on any atom is -0.399 e. The molecule has 19 heavy (non-hydrogen) atoms. The Kier molecular flexibility index (Phi) is 3.68. The molecule has 0 heterocycles. The van der Waals surface area contributed by atoms with Crippen LogP contribution in [-0.4, -0.2) is 12.1 Å². The third-order valence-electron chi connectivity index (χ3n) is 3.22. The van der Waals surface area contributed by atoms with Crippen molar-refractivity contribution in [3.8, 4) is 0 Å². The Morgan fingerprint density at radius 1 is 1.42 bits per heavy atom. The number of nitrogens with one attached hydrogen (secondary N) is 1. The quantitative estimate of drug-likeness (QED) is 0.831. The molecular weight excluding hydrogens is 257 g/mol. The second-order valence-corrected chi connectivity index (χ2v) is 4.73. The lowest BCUT2D eigenvalue weighted by Gasteiger charge is -2.14. The summed E-state index contributed by atoms with van der Waals surface area (Å²) in [5.74, 6) is -0.563.